The fraction of sp³-hybridized carbons (Fsp3) is 0.611. The van der Waals surface area contributed by atoms with Crippen molar-refractivity contribution < 1.29 is 14.1 Å². The zero-order valence-corrected chi connectivity index (χ0v) is 14.5. The summed E-state index contributed by atoms with van der Waals surface area (Å²) in [6, 6.07) is 5.16. The number of hydrogen-bond acceptors (Lipinski definition) is 2. The molecule has 3 rings (SSSR count). The Morgan fingerprint density at radius 3 is 2.57 bits per heavy atom. The van der Waals surface area contributed by atoms with E-state index in [1.165, 1.54) is 37.8 Å². The minimum Gasteiger partial charge on any atom is -0.207 e. The summed E-state index contributed by atoms with van der Waals surface area (Å²) in [5.74, 6) is 1.42. The van der Waals surface area contributed by atoms with E-state index in [2.05, 4.69) is 36.3 Å². The first kappa shape index (κ1) is 16.1. The molecule has 1 fully saturated rings. The van der Waals surface area contributed by atoms with Crippen molar-refractivity contribution in [2.24, 2.45) is 18.4 Å². The van der Waals surface area contributed by atoms with Gasteiger partial charge < -0.3 is 0 Å². The van der Waals surface area contributed by atoms with E-state index in [1.807, 2.05) is 11.6 Å². The minimum atomic E-state index is -0.264. The number of anilines is 1. The van der Waals surface area contributed by atoms with Gasteiger partial charge in [0.15, 0.2) is 11.0 Å². The van der Waals surface area contributed by atoms with E-state index < -0.39 is 0 Å². The number of nitrogens with one attached hydrogen (secondary N) is 2. The highest BCUT2D eigenvalue weighted by atomic mass is 19.1. The van der Waals surface area contributed by atoms with Crippen LogP contribution in [-0.4, -0.2) is 11.1 Å². The number of H-pyrrole nitrogens is 1. The molecule has 0 atom stereocenters. The Labute approximate surface area is 137 Å². The summed E-state index contributed by atoms with van der Waals surface area (Å²) in [6.45, 7) is 7.02. The average Bonchev–Trinajstić information content (AvgIpc) is 2.50. The third-order valence-electron chi connectivity index (χ3n) is 5.21. The van der Waals surface area contributed by atoms with Crippen LogP contribution in [0.2, 0.25) is 0 Å². The second kappa shape index (κ2) is 6.02. The molecule has 0 amide bonds. The number of aromatic amines is 1. The molecule has 124 valence electrons. The molecule has 0 spiro atoms. The van der Waals surface area contributed by atoms with Crippen molar-refractivity contribution in [1.29, 1.82) is 0 Å². The second-order valence-corrected chi connectivity index (χ2v) is 7.82. The van der Waals surface area contributed by atoms with Gasteiger partial charge in [-0.1, -0.05) is 25.9 Å². The highest BCUT2D eigenvalue weighted by Crippen LogP contribution is 2.38. The van der Waals surface area contributed by atoms with Crippen molar-refractivity contribution in [3.05, 3.63) is 24.0 Å². The standard InChI is InChI=1S/C18H25FN4/c1-18(2,3)12-5-8-14(9-6-12)20-17-22-21-15-11-13(19)7-10-16(15)23(17)4/h7,10-12,14H,5-6,8-9H2,1-4H3/p+2. The molecule has 0 unspecified atom stereocenters. The summed E-state index contributed by atoms with van der Waals surface area (Å²) in [5, 5.41) is 10.9. The summed E-state index contributed by atoms with van der Waals surface area (Å²) in [5.41, 5.74) is 1.95. The van der Waals surface area contributed by atoms with Crippen molar-refractivity contribution in [3.8, 4) is 0 Å². The molecule has 1 saturated carbocycles. The highest BCUT2D eigenvalue weighted by molar-refractivity contribution is 5.69. The van der Waals surface area contributed by atoms with Gasteiger partial charge in [-0.3, -0.25) is 0 Å². The van der Waals surface area contributed by atoms with E-state index in [4.69, 9.17) is 0 Å². The Kier molecular flexibility index (Phi) is 4.21. The van der Waals surface area contributed by atoms with Crippen molar-refractivity contribution in [2.75, 3.05) is 5.32 Å². The number of nitrogens with zero attached hydrogens (tertiary/aromatic N) is 2. The largest absolute Gasteiger partial charge is 0.546 e. The van der Waals surface area contributed by atoms with E-state index in [9.17, 15) is 4.39 Å². The molecule has 1 heterocycles. The van der Waals surface area contributed by atoms with Crippen molar-refractivity contribution in [3.63, 3.8) is 0 Å². The van der Waals surface area contributed by atoms with E-state index >= 15 is 0 Å². The molecule has 0 saturated heterocycles. The quantitative estimate of drug-likeness (QED) is 0.865. The van der Waals surface area contributed by atoms with Crippen LogP contribution in [0.5, 0.6) is 0 Å². The average molecular weight is 318 g/mol. The lowest BCUT2D eigenvalue weighted by Crippen LogP contribution is -2.44. The molecule has 0 bridgehead atoms. The summed E-state index contributed by atoms with van der Waals surface area (Å²) in [4.78, 5) is 0. The molecular formula is C18H27FN4+2. The normalized spacial score (nSPS) is 22.3. The lowest BCUT2D eigenvalue weighted by atomic mass is 9.71. The van der Waals surface area contributed by atoms with E-state index in [-0.39, 0.29) is 5.82 Å². The van der Waals surface area contributed by atoms with Gasteiger partial charge in [0, 0.05) is 6.07 Å². The SMILES string of the molecule is C[n+]1c(NC2CCC(C(C)(C)C)CC2)[nH+]nc2cc(F)ccc21. The van der Waals surface area contributed by atoms with Gasteiger partial charge in [0.2, 0.25) is 0 Å². The lowest BCUT2D eigenvalue weighted by Gasteiger charge is -2.35. The smallest absolute Gasteiger partial charge is 0.207 e. The Bertz CT molecular complexity index is 700. The first-order valence-electron chi connectivity index (χ1n) is 8.48. The van der Waals surface area contributed by atoms with Crippen LogP contribution in [-0.2, 0) is 7.05 Å². The lowest BCUT2D eigenvalue weighted by molar-refractivity contribution is -0.693. The Hall–Kier alpha value is -1.78. The molecule has 1 aromatic carbocycles. The number of aryl methyl sites for hydroxylation is 1. The topological polar surface area (TPSA) is 42.9 Å². The molecule has 5 heteroatoms. The van der Waals surface area contributed by atoms with Gasteiger partial charge in [-0.05, 0) is 54.2 Å². The zero-order chi connectivity index (χ0) is 16.6. The van der Waals surface area contributed by atoms with Gasteiger partial charge in [0.25, 0.3) is 0 Å². The zero-order valence-electron chi connectivity index (χ0n) is 14.5. The van der Waals surface area contributed by atoms with E-state index in [0.29, 0.717) is 17.0 Å². The molecular weight excluding hydrogens is 291 g/mol. The third-order valence-corrected chi connectivity index (χ3v) is 5.21. The summed E-state index contributed by atoms with van der Waals surface area (Å²) < 4.78 is 15.3. The molecule has 0 radical (unpaired) electrons. The fourth-order valence-corrected chi connectivity index (χ4v) is 3.60. The van der Waals surface area contributed by atoms with Crippen molar-refractivity contribution in [2.45, 2.75) is 52.5 Å². The number of rotatable bonds is 2. The summed E-state index contributed by atoms with van der Waals surface area (Å²) in [6.07, 6.45) is 4.88. The van der Waals surface area contributed by atoms with E-state index in [0.717, 1.165) is 17.4 Å². The maximum Gasteiger partial charge on any atom is 0.546 e. The fourth-order valence-electron chi connectivity index (χ4n) is 3.60. The Morgan fingerprint density at radius 1 is 1.22 bits per heavy atom. The van der Waals surface area contributed by atoms with Gasteiger partial charge in [-0.25, -0.2) is 4.39 Å². The Balaban J connectivity index is 1.73. The van der Waals surface area contributed by atoms with Gasteiger partial charge in [0.1, 0.15) is 18.9 Å². The highest BCUT2D eigenvalue weighted by Gasteiger charge is 2.33. The molecule has 1 aliphatic carbocycles. The predicted molar refractivity (Wildman–Crippen MR) is 88.3 cm³/mol. The number of hydrogen-bond donors (Lipinski definition) is 1. The first-order chi connectivity index (χ1) is 10.8. The molecule has 2 N–H and O–H groups in total. The molecule has 23 heavy (non-hydrogen) atoms. The van der Waals surface area contributed by atoms with Crippen LogP contribution >= 0.6 is 0 Å². The summed E-state index contributed by atoms with van der Waals surface area (Å²) in [7, 11) is 1.97. The number of halogens is 1. The predicted octanol–water partition coefficient (Wildman–Crippen LogP) is 3.03. The van der Waals surface area contributed by atoms with E-state index in [1.54, 1.807) is 6.07 Å². The number of benzene rings is 1. The van der Waals surface area contributed by atoms with Crippen LogP contribution < -0.4 is 15.0 Å². The number of aromatic nitrogens is 3. The maximum atomic E-state index is 13.3. The van der Waals surface area contributed by atoms with Gasteiger partial charge in [-0.2, -0.15) is 9.88 Å². The third kappa shape index (κ3) is 3.43. The second-order valence-electron chi connectivity index (χ2n) is 7.82. The van der Waals surface area contributed by atoms with Gasteiger partial charge in [-0.15, -0.1) is 0 Å². The minimum absolute atomic E-state index is 0.264. The molecule has 4 nitrogen and oxygen atoms in total. The monoisotopic (exact) mass is 318 g/mol. The first-order valence-corrected chi connectivity index (χ1v) is 8.48. The van der Waals surface area contributed by atoms with Gasteiger partial charge >= 0.3 is 5.95 Å². The van der Waals surface area contributed by atoms with Crippen LogP contribution in [0.15, 0.2) is 18.2 Å². The van der Waals surface area contributed by atoms with Crippen LogP contribution in [0.3, 0.4) is 0 Å². The molecule has 1 aliphatic rings. The molecule has 2 aromatic rings. The number of fused-ring (bicyclic) bond motifs is 1. The molecule has 0 aliphatic heterocycles. The van der Waals surface area contributed by atoms with Crippen molar-refractivity contribution >= 4 is 17.0 Å². The Morgan fingerprint density at radius 2 is 1.91 bits per heavy atom. The van der Waals surface area contributed by atoms with Crippen LogP contribution in [0, 0.1) is 17.2 Å². The van der Waals surface area contributed by atoms with Crippen LogP contribution in [0.1, 0.15) is 46.5 Å². The summed E-state index contributed by atoms with van der Waals surface area (Å²) >= 11 is 0. The maximum absolute atomic E-state index is 13.3. The molecule has 1 aromatic heterocycles. The van der Waals surface area contributed by atoms with Crippen LogP contribution in [0.4, 0.5) is 10.3 Å². The van der Waals surface area contributed by atoms with Gasteiger partial charge in [0.05, 0.1) is 0 Å². The van der Waals surface area contributed by atoms with Crippen molar-refractivity contribution in [1.82, 2.24) is 5.10 Å². The van der Waals surface area contributed by atoms with Crippen LogP contribution in [0.25, 0.3) is 11.0 Å².